The molecule has 5 heteroatoms. The Morgan fingerprint density at radius 1 is 1.17 bits per heavy atom. The maximum absolute atomic E-state index is 11.8. The first-order chi connectivity index (χ1) is 10.7. The van der Waals surface area contributed by atoms with Gasteiger partial charge in [0.25, 0.3) is 0 Å². The third-order valence-electron chi connectivity index (χ3n) is 3.34. The summed E-state index contributed by atoms with van der Waals surface area (Å²) < 4.78 is 15.4. The van der Waals surface area contributed by atoms with Crippen LogP contribution in [0.5, 0.6) is 11.5 Å². The van der Waals surface area contributed by atoms with Crippen molar-refractivity contribution >= 4 is 11.9 Å². The topological polar surface area (TPSA) is 83.7 Å². The van der Waals surface area contributed by atoms with E-state index in [1.165, 1.54) is 0 Å². The SMILES string of the molecule is COc1ccc(CCCC(=O)/C=C/c2ccoc2)cc1OC.N. The van der Waals surface area contributed by atoms with Gasteiger partial charge in [-0.1, -0.05) is 6.07 Å². The van der Waals surface area contributed by atoms with Crippen LogP contribution in [0.1, 0.15) is 24.0 Å². The lowest BCUT2D eigenvalue weighted by Gasteiger charge is -2.09. The molecule has 1 aromatic heterocycles. The van der Waals surface area contributed by atoms with E-state index in [0.717, 1.165) is 24.0 Å². The smallest absolute Gasteiger partial charge is 0.160 e. The van der Waals surface area contributed by atoms with Crippen LogP contribution in [0.25, 0.3) is 6.08 Å². The number of benzene rings is 1. The van der Waals surface area contributed by atoms with Crippen LogP contribution in [-0.4, -0.2) is 20.0 Å². The summed E-state index contributed by atoms with van der Waals surface area (Å²) in [5.74, 6) is 1.54. The van der Waals surface area contributed by atoms with Crippen molar-refractivity contribution in [3.05, 3.63) is 54.0 Å². The maximum atomic E-state index is 11.8. The van der Waals surface area contributed by atoms with Crippen molar-refractivity contribution in [2.75, 3.05) is 14.2 Å². The van der Waals surface area contributed by atoms with Gasteiger partial charge in [-0.15, -0.1) is 0 Å². The number of methoxy groups -OCH3 is 2. The highest BCUT2D eigenvalue weighted by Gasteiger charge is 2.05. The number of hydrogen-bond acceptors (Lipinski definition) is 5. The molecule has 0 saturated heterocycles. The molecule has 0 atom stereocenters. The van der Waals surface area contributed by atoms with Crippen molar-refractivity contribution in [3.8, 4) is 11.5 Å². The number of ether oxygens (including phenoxy) is 2. The Bertz CT molecular complexity index is 632. The third-order valence-corrected chi connectivity index (χ3v) is 3.34. The standard InChI is InChI=1S/C18H20O4.H3N/c1-20-17-9-7-14(12-18(17)21-2)4-3-5-16(19)8-6-15-10-11-22-13-15;/h6-13H,3-5H2,1-2H3;1H3/b8-6+;. The second-order valence-electron chi connectivity index (χ2n) is 4.90. The maximum Gasteiger partial charge on any atom is 0.160 e. The van der Waals surface area contributed by atoms with Crippen LogP contribution in [0.3, 0.4) is 0 Å². The van der Waals surface area contributed by atoms with E-state index in [0.29, 0.717) is 17.9 Å². The van der Waals surface area contributed by atoms with E-state index in [-0.39, 0.29) is 11.9 Å². The predicted molar refractivity (Wildman–Crippen MR) is 90.3 cm³/mol. The second-order valence-corrected chi connectivity index (χ2v) is 4.90. The number of allylic oxidation sites excluding steroid dienone is 1. The molecule has 2 aromatic rings. The van der Waals surface area contributed by atoms with Gasteiger partial charge in [-0.05, 0) is 48.8 Å². The minimum atomic E-state index is 0. The fourth-order valence-corrected chi connectivity index (χ4v) is 2.15. The van der Waals surface area contributed by atoms with Crippen LogP contribution in [0.2, 0.25) is 0 Å². The lowest BCUT2D eigenvalue weighted by Crippen LogP contribution is -1.96. The van der Waals surface area contributed by atoms with Gasteiger partial charge in [-0.25, -0.2) is 0 Å². The molecule has 0 radical (unpaired) electrons. The average molecular weight is 317 g/mol. The number of carbonyl (C=O) groups is 1. The molecule has 5 nitrogen and oxygen atoms in total. The van der Waals surface area contributed by atoms with E-state index in [2.05, 4.69) is 0 Å². The largest absolute Gasteiger partial charge is 0.493 e. The van der Waals surface area contributed by atoms with Crippen LogP contribution < -0.4 is 15.6 Å². The summed E-state index contributed by atoms with van der Waals surface area (Å²) in [7, 11) is 3.23. The first kappa shape index (κ1) is 18.5. The third kappa shape index (κ3) is 5.64. The Kier molecular flexibility index (Phi) is 7.63. The van der Waals surface area contributed by atoms with Gasteiger partial charge in [0.05, 0.1) is 26.7 Å². The minimum absolute atomic E-state index is 0. The van der Waals surface area contributed by atoms with Gasteiger partial charge in [0, 0.05) is 12.0 Å². The molecular weight excluding hydrogens is 294 g/mol. The van der Waals surface area contributed by atoms with Gasteiger partial charge in [0.1, 0.15) is 0 Å². The van der Waals surface area contributed by atoms with Crippen molar-refractivity contribution in [2.45, 2.75) is 19.3 Å². The number of carbonyl (C=O) groups excluding carboxylic acids is 1. The van der Waals surface area contributed by atoms with E-state index < -0.39 is 0 Å². The zero-order chi connectivity index (χ0) is 15.8. The highest BCUT2D eigenvalue weighted by atomic mass is 16.5. The molecule has 0 fully saturated rings. The summed E-state index contributed by atoms with van der Waals surface area (Å²) >= 11 is 0. The van der Waals surface area contributed by atoms with Gasteiger partial charge >= 0.3 is 0 Å². The fraction of sp³-hybridized carbons (Fsp3) is 0.278. The quantitative estimate of drug-likeness (QED) is 0.742. The first-order valence-electron chi connectivity index (χ1n) is 7.17. The zero-order valence-corrected chi connectivity index (χ0v) is 13.6. The summed E-state index contributed by atoms with van der Waals surface area (Å²) in [5, 5.41) is 0. The van der Waals surface area contributed by atoms with E-state index in [1.807, 2.05) is 24.3 Å². The molecule has 0 unspecified atom stereocenters. The number of furan rings is 1. The molecule has 1 heterocycles. The lowest BCUT2D eigenvalue weighted by molar-refractivity contribution is -0.114. The van der Waals surface area contributed by atoms with Gasteiger partial charge < -0.3 is 20.0 Å². The van der Waals surface area contributed by atoms with Gasteiger partial charge in [0.15, 0.2) is 17.3 Å². The predicted octanol–water partition coefficient (Wildman–Crippen LogP) is 4.06. The number of hydrogen-bond donors (Lipinski definition) is 1. The first-order valence-corrected chi connectivity index (χ1v) is 7.17. The number of aryl methyl sites for hydroxylation is 1. The molecule has 124 valence electrons. The summed E-state index contributed by atoms with van der Waals surface area (Å²) in [6.07, 6.45) is 8.69. The lowest BCUT2D eigenvalue weighted by atomic mass is 10.1. The zero-order valence-electron chi connectivity index (χ0n) is 13.6. The van der Waals surface area contributed by atoms with Gasteiger partial charge in [0.2, 0.25) is 0 Å². The Hall–Kier alpha value is -2.53. The molecule has 1 aromatic carbocycles. The van der Waals surface area contributed by atoms with Gasteiger partial charge in [-0.2, -0.15) is 0 Å². The summed E-state index contributed by atoms with van der Waals surface area (Å²) in [5.41, 5.74) is 2.03. The molecule has 3 N–H and O–H groups in total. The van der Waals surface area contributed by atoms with E-state index >= 15 is 0 Å². The van der Waals surface area contributed by atoms with Crippen molar-refractivity contribution in [2.24, 2.45) is 0 Å². The van der Waals surface area contributed by atoms with E-state index in [9.17, 15) is 4.79 Å². The van der Waals surface area contributed by atoms with Crippen LogP contribution >= 0.6 is 0 Å². The van der Waals surface area contributed by atoms with Crippen LogP contribution in [0.4, 0.5) is 0 Å². The monoisotopic (exact) mass is 317 g/mol. The Morgan fingerprint density at radius 3 is 2.61 bits per heavy atom. The summed E-state index contributed by atoms with van der Waals surface area (Å²) in [6, 6.07) is 7.64. The highest BCUT2D eigenvalue weighted by Crippen LogP contribution is 2.28. The van der Waals surface area contributed by atoms with Crippen molar-refractivity contribution < 1.29 is 18.7 Å². The highest BCUT2D eigenvalue weighted by molar-refractivity contribution is 5.93. The van der Waals surface area contributed by atoms with Gasteiger partial charge in [-0.3, -0.25) is 4.79 Å². The van der Waals surface area contributed by atoms with E-state index in [4.69, 9.17) is 13.9 Å². The summed E-state index contributed by atoms with van der Waals surface area (Å²) in [6.45, 7) is 0. The Morgan fingerprint density at radius 2 is 1.96 bits per heavy atom. The molecule has 23 heavy (non-hydrogen) atoms. The fourth-order valence-electron chi connectivity index (χ4n) is 2.15. The van der Waals surface area contributed by atoms with E-state index in [1.54, 1.807) is 38.9 Å². The Balaban J connectivity index is 0.00000264. The second kappa shape index (κ2) is 9.48. The molecule has 0 aliphatic rings. The number of rotatable bonds is 8. The molecule has 0 amide bonds. The van der Waals surface area contributed by atoms with Crippen molar-refractivity contribution in [3.63, 3.8) is 0 Å². The molecule has 0 saturated carbocycles. The minimum Gasteiger partial charge on any atom is -0.493 e. The van der Waals surface area contributed by atoms with Crippen LogP contribution in [0, 0.1) is 0 Å². The number of ketones is 1. The molecule has 0 bridgehead atoms. The summed E-state index contributed by atoms with van der Waals surface area (Å²) in [4.78, 5) is 11.8. The molecule has 0 spiro atoms. The average Bonchev–Trinajstić information content (AvgIpc) is 3.06. The van der Waals surface area contributed by atoms with Crippen molar-refractivity contribution in [1.82, 2.24) is 6.15 Å². The van der Waals surface area contributed by atoms with Crippen molar-refractivity contribution in [1.29, 1.82) is 0 Å². The molecule has 2 rings (SSSR count). The normalized spacial score (nSPS) is 10.3. The van der Waals surface area contributed by atoms with Crippen LogP contribution in [-0.2, 0) is 11.2 Å². The molecule has 0 aliphatic heterocycles. The molecule has 0 aliphatic carbocycles. The molecular formula is C18H23NO4. The van der Waals surface area contributed by atoms with Crippen LogP contribution in [0.15, 0.2) is 47.3 Å². The Labute approximate surface area is 136 Å².